The topological polar surface area (TPSA) is 37.4 Å². The molecule has 3 aromatic carbocycles. The van der Waals surface area contributed by atoms with Gasteiger partial charge in [-0.1, -0.05) is 69.7 Å². The first-order valence-corrected chi connectivity index (χ1v) is 11.7. The van der Waals surface area contributed by atoms with E-state index in [2.05, 4.69) is 47.1 Å². The summed E-state index contributed by atoms with van der Waals surface area (Å²) in [6.07, 6.45) is 1.78. The number of nitrogens with zero attached hydrogens (tertiary/aromatic N) is 1. The average molecular weight is 496 g/mol. The summed E-state index contributed by atoms with van der Waals surface area (Å²) in [7, 11) is 0. The molecule has 0 atom stereocenters. The van der Waals surface area contributed by atoms with Crippen LogP contribution in [0.25, 0.3) is 6.08 Å². The Morgan fingerprint density at radius 1 is 0.967 bits per heavy atom. The molecule has 0 N–H and O–H groups in total. The number of carbonyl (C=O) groups is 2. The number of imide groups is 1. The standard InChI is InChI=1S/C24H18BrNO2S2/c1-16-5-9-20(10-6-16)29-21-11-7-17(8-12-21)14-22-23(27)26(24(28)30-22)15-18-3-2-4-19(25)13-18/h2-14H,15H2,1H3/b22-14-. The monoisotopic (exact) mass is 495 g/mol. The zero-order chi connectivity index (χ0) is 21.1. The van der Waals surface area contributed by atoms with Gasteiger partial charge in [-0.25, -0.2) is 0 Å². The lowest BCUT2D eigenvalue weighted by Crippen LogP contribution is -2.27. The van der Waals surface area contributed by atoms with Gasteiger partial charge in [0.2, 0.25) is 0 Å². The van der Waals surface area contributed by atoms with Crippen molar-refractivity contribution >= 4 is 56.7 Å². The van der Waals surface area contributed by atoms with Gasteiger partial charge in [-0.15, -0.1) is 0 Å². The molecule has 1 aliphatic rings. The first-order chi connectivity index (χ1) is 14.5. The van der Waals surface area contributed by atoms with Gasteiger partial charge in [0, 0.05) is 14.3 Å². The lowest BCUT2D eigenvalue weighted by atomic mass is 10.2. The summed E-state index contributed by atoms with van der Waals surface area (Å²) in [5.41, 5.74) is 3.05. The lowest BCUT2D eigenvalue weighted by Gasteiger charge is -2.12. The van der Waals surface area contributed by atoms with E-state index in [-0.39, 0.29) is 17.7 Å². The highest BCUT2D eigenvalue weighted by Gasteiger charge is 2.34. The van der Waals surface area contributed by atoms with Gasteiger partial charge in [0.25, 0.3) is 11.1 Å². The summed E-state index contributed by atoms with van der Waals surface area (Å²) in [6.45, 7) is 2.34. The fourth-order valence-electron chi connectivity index (χ4n) is 2.98. The number of carbonyl (C=O) groups excluding carboxylic acids is 2. The van der Waals surface area contributed by atoms with Gasteiger partial charge >= 0.3 is 0 Å². The third-order valence-corrected chi connectivity index (χ3v) is 6.95. The predicted molar refractivity (Wildman–Crippen MR) is 127 cm³/mol. The summed E-state index contributed by atoms with van der Waals surface area (Å²) in [5.74, 6) is -0.247. The minimum atomic E-state index is -0.247. The molecule has 0 bridgehead atoms. The van der Waals surface area contributed by atoms with Crippen molar-refractivity contribution in [2.75, 3.05) is 0 Å². The maximum absolute atomic E-state index is 12.7. The largest absolute Gasteiger partial charge is 0.293 e. The highest BCUT2D eigenvalue weighted by atomic mass is 79.9. The van der Waals surface area contributed by atoms with Crippen molar-refractivity contribution in [3.63, 3.8) is 0 Å². The van der Waals surface area contributed by atoms with Crippen LogP contribution in [0, 0.1) is 6.92 Å². The van der Waals surface area contributed by atoms with Gasteiger partial charge in [0.1, 0.15) is 0 Å². The molecule has 1 saturated heterocycles. The molecule has 1 aliphatic heterocycles. The van der Waals surface area contributed by atoms with E-state index in [9.17, 15) is 9.59 Å². The third-order valence-electron chi connectivity index (χ3n) is 4.54. The number of aryl methyl sites for hydroxylation is 1. The Bertz CT molecular complexity index is 1120. The Morgan fingerprint density at radius 2 is 1.63 bits per heavy atom. The van der Waals surface area contributed by atoms with Crippen molar-refractivity contribution in [3.8, 4) is 0 Å². The summed E-state index contributed by atoms with van der Waals surface area (Å²) in [4.78, 5) is 29.2. The van der Waals surface area contributed by atoms with Crippen LogP contribution >= 0.6 is 39.5 Å². The van der Waals surface area contributed by atoms with E-state index in [0.717, 1.165) is 32.3 Å². The van der Waals surface area contributed by atoms with E-state index in [1.54, 1.807) is 17.8 Å². The minimum absolute atomic E-state index is 0.238. The molecule has 30 heavy (non-hydrogen) atoms. The Hall–Kier alpha value is -2.28. The SMILES string of the molecule is Cc1ccc(Sc2ccc(/C=C3\SC(=O)N(Cc4cccc(Br)c4)C3=O)cc2)cc1. The van der Waals surface area contributed by atoms with Crippen LogP contribution in [0.1, 0.15) is 16.7 Å². The smallest absolute Gasteiger partial charge is 0.268 e. The molecule has 1 heterocycles. The van der Waals surface area contributed by atoms with Crippen LogP contribution in [0.2, 0.25) is 0 Å². The molecule has 0 radical (unpaired) electrons. The van der Waals surface area contributed by atoms with E-state index in [4.69, 9.17) is 0 Å². The molecule has 0 unspecified atom stereocenters. The molecule has 1 fully saturated rings. The Balaban J connectivity index is 1.45. The molecule has 3 nitrogen and oxygen atoms in total. The average Bonchev–Trinajstić information content (AvgIpc) is 2.99. The van der Waals surface area contributed by atoms with Gasteiger partial charge in [0.05, 0.1) is 11.4 Å². The van der Waals surface area contributed by atoms with E-state index < -0.39 is 0 Å². The zero-order valence-corrected chi connectivity index (χ0v) is 19.4. The molecule has 4 rings (SSSR count). The predicted octanol–water partition coefficient (Wildman–Crippen LogP) is 7.15. The Morgan fingerprint density at radius 3 is 2.30 bits per heavy atom. The fraction of sp³-hybridized carbons (Fsp3) is 0.0833. The van der Waals surface area contributed by atoms with Gasteiger partial charge in [-0.3, -0.25) is 14.5 Å². The number of halogens is 1. The van der Waals surface area contributed by atoms with Crippen molar-refractivity contribution in [2.45, 2.75) is 23.3 Å². The van der Waals surface area contributed by atoms with E-state index >= 15 is 0 Å². The maximum Gasteiger partial charge on any atom is 0.293 e. The number of amides is 2. The van der Waals surface area contributed by atoms with Gasteiger partial charge in [-0.05, 0) is 72.3 Å². The normalized spacial score (nSPS) is 15.3. The Kier molecular flexibility index (Phi) is 6.46. The van der Waals surface area contributed by atoms with Crippen molar-refractivity contribution < 1.29 is 9.59 Å². The molecule has 150 valence electrons. The van der Waals surface area contributed by atoms with Crippen LogP contribution < -0.4 is 0 Å². The van der Waals surface area contributed by atoms with Crippen LogP contribution in [0.3, 0.4) is 0 Å². The van der Waals surface area contributed by atoms with Crippen molar-refractivity contribution in [3.05, 3.63) is 98.9 Å². The maximum atomic E-state index is 12.7. The van der Waals surface area contributed by atoms with Crippen LogP contribution in [0.4, 0.5) is 4.79 Å². The van der Waals surface area contributed by atoms with Gasteiger partial charge in [-0.2, -0.15) is 0 Å². The summed E-state index contributed by atoms with van der Waals surface area (Å²) < 4.78 is 0.922. The molecule has 2 amide bonds. The second kappa shape index (κ2) is 9.25. The second-order valence-corrected chi connectivity index (χ2v) is 9.94. The first-order valence-electron chi connectivity index (χ1n) is 9.32. The van der Waals surface area contributed by atoms with E-state index in [1.165, 1.54) is 15.4 Å². The van der Waals surface area contributed by atoms with Gasteiger partial charge in [0.15, 0.2) is 0 Å². The number of rotatable bonds is 5. The van der Waals surface area contributed by atoms with Crippen LogP contribution in [0.15, 0.2) is 92.0 Å². The van der Waals surface area contributed by atoms with E-state index in [0.29, 0.717) is 4.91 Å². The first kappa shape index (κ1) is 21.0. The molecule has 0 saturated carbocycles. The molecular weight excluding hydrogens is 478 g/mol. The molecule has 0 spiro atoms. The van der Waals surface area contributed by atoms with Crippen LogP contribution in [-0.2, 0) is 11.3 Å². The van der Waals surface area contributed by atoms with Crippen molar-refractivity contribution in [1.29, 1.82) is 0 Å². The Labute approximate surface area is 192 Å². The number of benzene rings is 3. The molecule has 0 aromatic heterocycles. The molecule has 3 aromatic rings. The summed E-state index contributed by atoms with van der Waals surface area (Å²) in [5, 5.41) is -0.238. The zero-order valence-electron chi connectivity index (χ0n) is 16.2. The fourth-order valence-corrected chi connectivity index (χ4v) is 5.08. The van der Waals surface area contributed by atoms with Crippen LogP contribution in [0.5, 0.6) is 0 Å². The van der Waals surface area contributed by atoms with Crippen molar-refractivity contribution in [1.82, 2.24) is 4.90 Å². The molecular formula is C24H18BrNO2S2. The lowest BCUT2D eigenvalue weighted by molar-refractivity contribution is -0.123. The number of thioether (sulfide) groups is 1. The van der Waals surface area contributed by atoms with Crippen LogP contribution in [-0.4, -0.2) is 16.0 Å². The molecule has 0 aliphatic carbocycles. The highest BCUT2D eigenvalue weighted by Crippen LogP contribution is 2.34. The quantitative estimate of drug-likeness (QED) is 0.352. The second-order valence-electron chi connectivity index (χ2n) is 6.88. The van der Waals surface area contributed by atoms with Gasteiger partial charge < -0.3 is 0 Å². The van der Waals surface area contributed by atoms with Crippen molar-refractivity contribution in [2.24, 2.45) is 0 Å². The minimum Gasteiger partial charge on any atom is -0.268 e. The summed E-state index contributed by atoms with van der Waals surface area (Å²) in [6, 6.07) is 24.0. The summed E-state index contributed by atoms with van der Waals surface area (Å²) >= 11 is 6.10. The highest BCUT2D eigenvalue weighted by molar-refractivity contribution is 9.10. The third kappa shape index (κ3) is 5.06. The number of hydrogen-bond acceptors (Lipinski definition) is 4. The molecule has 6 heteroatoms. The number of hydrogen-bond donors (Lipinski definition) is 0. The van der Waals surface area contributed by atoms with E-state index in [1.807, 2.05) is 48.5 Å².